The van der Waals surface area contributed by atoms with Crippen LogP contribution in [-0.4, -0.2) is 0 Å². The largest absolute Gasteiger partial charge is 0.377 e. The summed E-state index contributed by atoms with van der Waals surface area (Å²) in [4.78, 5) is 1.27. The van der Waals surface area contributed by atoms with Gasteiger partial charge in [-0.05, 0) is 36.9 Å². The number of benzene rings is 1. The minimum Gasteiger partial charge on any atom is -0.377 e. The zero-order chi connectivity index (χ0) is 12.3. The van der Waals surface area contributed by atoms with E-state index in [0.717, 1.165) is 16.8 Å². The van der Waals surface area contributed by atoms with Crippen molar-refractivity contribution in [3.8, 4) is 6.07 Å². The summed E-state index contributed by atoms with van der Waals surface area (Å²) in [5, 5.41) is 14.6. The summed E-state index contributed by atoms with van der Waals surface area (Å²) in [6.45, 7) is 4.06. The Labute approximate surface area is 106 Å². The van der Waals surface area contributed by atoms with Crippen molar-refractivity contribution in [1.29, 1.82) is 5.26 Å². The van der Waals surface area contributed by atoms with E-state index < -0.39 is 0 Å². The molecule has 1 N–H and O–H groups in total. The molecule has 2 rings (SSSR count). The molecular weight excluding hydrogens is 228 g/mol. The second-order valence-corrected chi connectivity index (χ2v) is 4.97. The van der Waals surface area contributed by atoms with Gasteiger partial charge in [-0.3, -0.25) is 0 Å². The molecule has 0 aliphatic carbocycles. The maximum atomic E-state index is 9.16. The lowest BCUT2D eigenvalue weighted by Crippen LogP contribution is -2.06. The number of nitrogens with zero attached hydrogens (tertiary/aromatic N) is 1. The number of rotatable bonds is 3. The Hall–Kier alpha value is -1.79. The molecule has 1 heterocycles. The zero-order valence-electron chi connectivity index (χ0n) is 9.90. The summed E-state index contributed by atoms with van der Waals surface area (Å²) in [5.41, 5.74) is 2.65. The van der Waals surface area contributed by atoms with Gasteiger partial charge < -0.3 is 5.32 Å². The second-order valence-electron chi connectivity index (χ2n) is 3.99. The molecule has 3 heteroatoms. The third-order valence-corrected chi connectivity index (χ3v) is 3.78. The molecule has 0 bridgehead atoms. The van der Waals surface area contributed by atoms with E-state index in [4.69, 9.17) is 5.26 Å². The van der Waals surface area contributed by atoms with Gasteiger partial charge in [0.05, 0.1) is 17.3 Å². The third kappa shape index (κ3) is 2.48. The Morgan fingerprint density at radius 2 is 2.12 bits per heavy atom. The number of aryl methyl sites for hydroxylation is 1. The van der Waals surface area contributed by atoms with E-state index in [-0.39, 0.29) is 6.04 Å². The molecule has 0 saturated heterocycles. The lowest BCUT2D eigenvalue weighted by molar-refractivity contribution is 0.906. The van der Waals surface area contributed by atoms with Gasteiger partial charge in [-0.25, -0.2) is 0 Å². The fourth-order valence-electron chi connectivity index (χ4n) is 1.78. The highest BCUT2D eigenvalue weighted by atomic mass is 32.1. The van der Waals surface area contributed by atoms with E-state index in [2.05, 4.69) is 29.8 Å². The van der Waals surface area contributed by atoms with Crippen LogP contribution in [0.15, 0.2) is 35.7 Å². The van der Waals surface area contributed by atoms with Crippen LogP contribution in [0.3, 0.4) is 0 Å². The van der Waals surface area contributed by atoms with Gasteiger partial charge in [-0.2, -0.15) is 5.26 Å². The van der Waals surface area contributed by atoms with E-state index in [1.54, 1.807) is 11.3 Å². The van der Waals surface area contributed by atoms with Crippen LogP contribution in [0.1, 0.15) is 29.0 Å². The van der Waals surface area contributed by atoms with Gasteiger partial charge >= 0.3 is 0 Å². The predicted octanol–water partition coefficient (Wildman–Crippen LogP) is 4.10. The molecule has 1 unspecified atom stereocenters. The van der Waals surface area contributed by atoms with Crippen LogP contribution in [0, 0.1) is 18.3 Å². The number of hydrogen-bond acceptors (Lipinski definition) is 3. The van der Waals surface area contributed by atoms with Gasteiger partial charge in [0.15, 0.2) is 0 Å². The van der Waals surface area contributed by atoms with Crippen molar-refractivity contribution in [2.45, 2.75) is 19.9 Å². The molecule has 0 aliphatic rings. The van der Waals surface area contributed by atoms with E-state index in [9.17, 15) is 0 Å². The molecular formula is C14H14N2S. The van der Waals surface area contributed by atoms with Crippen LogP contribution in [0.4, 0.5) is 5.69 Å². The van der Waals surface area contributed by atoms with E-state index in [1.807, 2.05) is 31.2 Å². The van der Waals surface area contributed by atoms with Crippen LogP contribution in [0.25, 0.3) is 0 Å². The lowest BCUT2D eigenvalue weighted by atomic mass is 10.1. The van der Waals surface area contributed by atoms with Crippen molar-refractivity contribution in [3.63, 3.8) is 0 Å². The van der Waals surface area contributed by atoms with Crippen molar-refractivity contribution in [2.75, 3.05) is 5.32 Å². The highest BCUT2D eigenvalue weighted by Crippen LogP contribution is 2.26. The summed E-state index contributed by atoms with van der Waals surface area (Å²) in [6, 6.07) is 12.5. The number of anilines is 1. The second kappa shape index (κ2) is 5.03. The van der Waals surface area contributed by atoms with Gasteiger partial charge in [-0.15, -0.1) is 11.3 Å². The van der Waals surface area contributed by atoms with Crippen LogP contribution in [0.2, 0.25) is 0 Å². The minimum absolute atomic E-state index is 0.226. The Kier molecular flexibility index (Phi) is 3.46. The SMILES string of the molecule is Cc1cccc(NC(C)c2cccs2)c1C#N. The van der Waals surface area contributed by atoms with Gasteiger partial charge in [0.1, 0.15) is 6.07 Å². The van der Waals surface area contributed by atoms with Gasteiger partial charge in [0.2, 0.25) is 0 Å². The summed E-state index contributed by atoms with van der Waals surface area (Å²) in [5.74, 6) is 0. The lowest BCUT2D eigenvalue weighted by Gasteiger charge is -2.15. The van der Waals surface area contributed by atoms with Crippen molar-refractivity contribution in [3.05, 3.63) is 51.7 Å². The summed E-state index contributed by atoms with van der Waals surface area (Å²) in [6.07, 6.45) is 0. The summed E-state index contributed by atoms with van der Waals surface area (Å²) in [7, 11) is 0. The number of nitriles is 1. The molecule has 0 amide bonds. The number of thiophene rings is 1. The smallest absolute Gasteiger partial charge is 0.102 e. The summed E-state index contributed by atoms with van der Waals surface area (Å²) < 4.78 is 0. The maximum Gasteiger partial charge on any atom is 0.102 e. The molecule has 0 aliphatic heterocycles. The quantitative estimate of drug-likeness (QED) is 0.879. The third-order valence-electron chi connectivity index (χ3n) is 2.73. The average Bonchev–Trinajstić information content (AvgIpc) is 2.82. The molecule has 0 fully saturated rings. The molecule has 1 atom stereocenters. The van der Waals surface area contributed by atoms with Crippen LogP contribution >= 0.6 is 11.3 Å². The number of nitrogens with one attached hydrogen (secondary N) is 1. The highest BCUT2D eigenvalue weighted by molar-refractivity contribution is 7.10. The predicted molar refractivity (Wildman–Crippen MR) is 72.3 cm³/mol. The first-order chi connectivity index (χ1) is 8.22. The molecule has 0 radical (unpaired) electrons. The molecule has 17 heavy (non-hydrogen) atoms. The topological polar surface area (TPSA) is 35.8 Å². The Morgan fingerprint density at radius 3 is 2.76 bits per heavy atom. The first-order valence-corrected chi connectivity index (χ1v) is 6.40. The molecule has 0 spiro atoms. The Bertz CT molecular complexity index is 538. The molecule has 0 saturated carbocycles. The monoisotopic (exact) mass is 242 g/mol. The van der Waals surface area contributed by atoms with Crippen molar-refractivity contribution in [1.82, 2.24) is 0 Å². The van der Waals surface area contributed by atoms with Crippen molar-refractivity contribution in [2.24, 2.45) is 0 Å². The number of hydrogen-bond donors (Lipinski definition) is 1. The van der Waals surface area contributed by atoms with E-state index >= 15 is 0 Å². The van der Waals surface area contributed by atoms with Crippen molar-refractivity contribution >= 4 is 17.0 Å². The molecule has 2 aromatic rings. The van der Waals surface area contributed by atoms with Gasteiger partial charge in [0.25, 0.3) is 0 Å². The molecule has 1 aromatic carbocycles. The normalized spacial score (nSPS) is 11.8. The molecule has 2 nitrogen and oxygen atoms in total. The van der Waals surface area contributed by atoms with Gasteiger partial charge in [-0.1, -0.05) is 18.2 Å². The fraction of sp³-hybridized carbons (Fsp3) is 0.214. The summed E-state index contributed by atoms with van der Waals surface area (Å²) >= 11 is 1.72. The van der Waals surface area contributed by atoms with E-state index in [0.29, 0.717) is 0 Å². The fourth-order valence-corrected chi connectivity index (χ4v) is 2.51. The van der Waals surface area contributed by atoms with Crippen LogP contribution in [-0.2, 0) is 0 Å². The van der Waals surface area contributed by atoms with Crippen LogP contribution < -0.4 is 5.32 Å². The minimum atomic E-state index is 0.226. The first kappa shape index (κ1) is 11.7. The maximum absolute atomic E-state index is 9.16. The molecule has 1 aromatic heterocycles. The molecule has 86 valence electrons. The van der Waals surface area contributed by atoms with Crippen molar-refractivity contribution < 1.29 is 0 Å². The van der Waals surface area contributed by atoms with E-state index in [1.165, 1.54) is 4.88 Å². The van der Waals surface area contributed by atoms with Gasteiger partial charge in [0, 0.05) is 4.88 Å². The standard InChI is InChI=1S/C14H14N2S/c1-10-5-3-6-13(12(10)9-15)16-11(2)14-7-4-8-17-14/h3-8,11,16H,1-2H3. The zero-order valence-corrected chi connectivity index (χ0v) is 10.7. The van der Waals surface area contributed by atoms with Crippen LogP contribution in [0.5, 0.6) is 0 Å². The first-order valence-electron chi connectivity index (χ1n) is 5.52. The average molecular weight is 242 g/mol. The Balaban J connectivity index is 2.25. The highest BCUT2D eigenvalue weighted by Gasteiger charge is 2.10. The Morgan fingerprint density at radius 1 is 1.29 bits per heavy atom.